The first-order valence-electron chi connectivity index (χ1n) is 9.60. The van der Waals surface area contributed by atoms with Crippen LogP contribution in [0.1, 0.15) is 71.8 Å². The van der Waals surface area contributed by atoms with Crippen LogP contribution in [0.15, 0.2) is 30.3 Å². The molecule has 3 unspecified atom stereocenters. The molecule has 24 heavy (non-hydrogen) atoms. The van der Waals surface area contributed by atoms with Crippen molar-refractivity contribution in [1.29, 1.82) is 0 Å². The Morgan fingerprint density at radius 3 is 2.04 bits per heavy atom. The summed E-state index contributed by atoms with van der Waals surface area (Å²) in [6, 6.07) is 10.8. The molecule has 0 N–H and O–H groups in total. The Balaban J connectivity index is 0.000000175. The average molecular weight is 331 g/mol. The third kappa shape index (κ3) is 5.09. The molecular formula is C22H34O2. The van der Waals surface area contributed by atoms with Crippen LogP contribution < -0.4 is 0 Å². The maximum atomic E-state index is 10.7. The minimum absolute atomic E-state index is 0.109. The monoisotopic (exact) mass is 330 g/mol. The number of carbonyl (C=O) groups excluding carboxylic acids is 1. The van der Waals surface area contributed by atoms with Crippen molar-refractivity contribution in [3.8, 4) is 0 Å². The molecule has 2 nitrogen and oxygen atoms in total. The molecule has 2 aliphatic rings. The van der Waals surface area contributed by atoms with Gasteiger partial charge in [-0.25, -0.2) is 0 Å². The topological polar surface area (TPSA) is 26.3 Å². The normalized spacial score (nSPS) is 25.1. The molecule has 0 aromatic heterocycles. The van der Waals surface area contributed by atoms with Crippen molar-refractivity contribution in [3.63, 3.8) is 0 Å². The lowest BCUT2D eigenvalue weighted by molar-refractivity contribution is -0.148. The molecule has 2 aliphatic carbocycles. The van der Waals surface area contributed by atoms with Crippen molar-refractivity contribution in [2.75, 3.05) is 0 Å². The zero-order valence-electron chi connectivity index (χ0n) is 16.0. The summed E-state index contributed by atoms with van der Waals surface area (Å²) < 4.78 is 5.21. The molecule has 1 aromatic carbocycles. The SMILES string of the molecule is CC(=O)OC1CC2CCC1C2.CC(C)C(c1ccccc1)C(C)C. The fourth-order valence-electron chi connectivity index (χ4n) is 4.76. The van der Waals surface area contributed by atoms with Gasteiger partial charge in [-0.1, -0.05) is 58.0 Å². The second-order valence-corrected chi connectivity index (χ2v) is 8.25. The standard InChI is InChI=1S/C13H20.C9H14O2/c1-10(2)13(11(3)4)12-8-6-5-7-9-12;1-6(10)11-9-5-7-2-3-8(9)4-7/h5-11,13H,1-4H3;7-9H,2-5H2,1H3. The van der Waals surface area contributed by atoms with Crippen LogP contribution in [0, 0.1) is 23.7 Å². The van der Waals surface area contributed by atoms with Crippen molar-refractivity contribution in [1.82, 2.24) is 0 Å². The lowest BCUT2D eigenvalue weighted by atomic mass is 9.80. The summed E-state index contributed by atoms with van der Waals surface area (Å²) in [6.45, 7) is 10.7. The number of fused-ring (bicyclic) bond motifs is 2. The van der Waals surface area contributed by atoms with E-state index in [1.54, 1.807) is 0 Å². The van der Waals surface area contributed by atoms with Crippen molar-refractivity contribution in [3.05, 3.63) is 35.9 Å². The summed E-state index contributed by atoms with van der Waals surface area (Å²) in [6.07, 6.45) is 5.35. The highest BCUT2D eigenvalue weighted by molar-refractivity contribution is 5.66. The molecule has 0 spiro atoms. The van der Waals surface area contributed by atoms with Crippen LogP contribution in [0.3, 0.4) is 0 Å². The van der Waals surface area contributed by atoms with Crippen LogP contribution in [0.2, 0.25) is 0 Å². The van der Waals surface area contributed by atoms with Gasteiger partial charge in [0.25, 0.3) is 0 Å². The first kappa shape index (κ1) is 19.0. The van der Waals surface area contributed by atoms with Crippen molar-refractivity contribution in [2.24, 2.45) is 23.7 Å². The second-order valence-electron chi connectivity index (χ2n) is 8.25. The number of ether oxygens (including phenoxy) is 1. The van der Waals surface area contributed by atoms with Gasteiger partial charge in [-0.2, -0.15) is 0 Å². The predicted octanol–water partition coefficient (Wildman–Crippen LogP) is 5.82. The third-order valence-corrected chi connectivity index (χ3v) is 5.61. The summed E-state index contributed by atoms with van der Waals surface area (Å²) in [4.78, 5) is 10.7. The highest BCUT2D eigenvalue weighted by Crippen LogP contribution is 2.45. The minimum atomic E-state index is -0.109. The van der Waals surface area contributed by atoms with E-state index in [1.807, 2.05) is 0 Å². The van der Waals surface area contributed by atoms with Crippen molar-refractivity contribution < 1.29 is 9.53 Å². The van der Waals surface area contributed by atoms with Crippen LogP contribution in [0.25, 0.3) is 0 Å². The molecule has 0 amide bonds. The Kier molecular flexibility index (Phi) is 6.89. The number of carbonyl (C=O) groups is 1. The van der Waals surface area contributed by atoms with Crippen LogP contribution in [-0.2, 0) is 9.53 Å². The quantitative estimate of drug-likeness (QED) is 0.650. The van der Waals surface area contributed by atoms with Gasteiger partial charge >= 0.3 is 5.97 Å². The van der Waals surface area contributed by atoms with Gasteiger partial charge in [0.2, 0.25) is 0 Å². The molecule has 0 heterocycles. The van der Waals surface area contributed by atoms with Gasteiger partial charge in [-0.05, 0) is 60.8 Å². The number of benzene rings is 1. The summed E-state index contributed by atoms with van der Waals surface area (Å²) in [5.41, 5.74) is 1.48. The zero-order valence-corrected chi connectivity index (χ0v) is 16.0. The maximum Gasteiger partial charge on any atom is 0.302 e. The van der Waals surface area contributed by atoms with E-state index in [1.165, 1.54) is 31.7 Å². The first-order chi connectivity index (χ1) is 11.4. The van der Waals surface area contributed by atoms with E-state index < -0.39 is 0 Å². The lowest BCUT2D eigenvalue weighted by Crippen LogP contribution is -2.22. The largest absolute Gasteiger partial charge is 0.462 e. The molecule has 0 aliphatic heterocycles. The van der Waals surface area contributed by atoms with Crippen molar-refractivity contribution in [2.45, 2.75) is 72.3 Å². The molecule has 3 rings (SSSR count). The molecule has 2 fully saturated rings. The Hall–Kier alpha value is -1.31. The zero-order chi connectivity index (χ0) is 17.7. The summed E-state index contributed by atoms with van der Waals surface area (Å²) in [5.74, 6) is 3.60. The Morgan fingerprint density at radius 1 is 1.00 bits per heavy atom. The molecule has 3 atom stereocenters. The Bertz CT molecular complexity index is 498. The van der Waals surface area contributed by atoms with Gasteiger partial charge in [0.15, 0.2) is 0 Å². The van der Waals surface area contributed by atoms with E-state index in [0.717, 1.165) is 24.2 Å². The highest BCUT2D eigenvalue weighted by Gasteiger charge is 2.41. The van der Waals surface area contributed by atoms with Gasteiger partial charge < -0.3 is 4.74 Å². The lowest BCUT2D eigenvalue weighted by Gasteiger charge is -2.25. The minimum Gasteiger partial charge on any atom is -0.462 e. The van der Waals surface area contributed by atoms with E-state index in [2.05, 4.69) is 58.0 Å². The molecule has 2 saturated carbocycles. The van der Waals surface area contributed by atoms with Gasteiger partial charge in [0, 0.05) is 6.92 Å². The Labute approximate surface area is 148 Å². The smallest absolute Gasteiger partial charge is 0.302 e. The summed E-state index contributed by atoms with van der Waals surface area (Å²) in [5, 5.41) is 0. The fourth-order valence-corrected chi connectivity index (χ4v) is 4.76. The van der Waals surface area contributed by atoms with Crippen LogP contribution >= 0.6 is 0 Å². The van der Waals surface area contributed by atoms with Crippen LogP contribution in [0.5, 0.6) is 0 Å². The van der Waals surface area contributed by atoms with E-state index in [4.69, 9.17) is 4.74 Å². The number of hydrogen-bond donors (Lipinski definition) is 0. The molecule has 134 valence electrons. The van der Waals surface area contributed by atoms with Crippen LogP contribution in [0.4, 0.5) is 0 Å². The van der Waals surface area contributed by atoms with E-state index in [9.17, 15) is 4.79 Å². The summed E-state index contributed by atoms with van der Waals surface area (Å²) >= 11 is 0. The average Bonchev–Trinajstić information content (AvgIpc) is 3.10. The van der Waals surface area contributed by atoms with Crippen LogP contribution in [-0.4, -0.2) is 12.1 Å². The summed E-state index contributed by atoms with van der Waals surface area (Å²) in [7, 11) is 0. The number of hydrogen-bond acceptors (Lipinski definition) is 2. The van der Waals surface area contributed by atoms with Gasteiger partial charge in [-0.3, -0.25) is 4.79 Å². The molecule has 1 aromatic rings. The molecule has 2 bridgehead atoms. The highest BCUT2D eigenvalue weighted by atomic mass is 16.5. The predicted molar refractivity (Wildman–Crippen MR) is 99.9 cm³/mol. The number of rotatable bonds is 4. The number of esters is 1. The van der Waals surface area contributed by atoms with Gasteiger partial charge in [0.05, 0.1) is 0 Å². The molecular weight excluding hydrogens is 296 g/mol. The Morgan fingerprint density at radius 2 is 1.62 bits per heavy atom. The maximum absolute atomic E-state index is 10.7. The van der Waals surface area contributed by atoms with E-state index >= 15 is 0 Å². The fraction of sp³-hybridized carbons (Fsp3) is 0.682. The first-order valence-corrected chi connectivity index (χ1v) is 9.60. The molecule has 0 saturated heterocycles. The molecule has 0 radical (unpaired) electrons. The third-order valence-electron chi connectivity index (χ3n) is 5.61. The second kappa shape index (κ2) is 8.69. The van der Waals surface area contributed by atoms with Gasteiger partial charge in [-0.15, -0.1) is 0 Å². The van der Waals surface area contributed by atoms with E-state index in [0.29, 0.717) is 11.8 Å². The van der Waals surface area contributed by atoms with Crippen molar-refractivity contribution >= 4 is 5.97 Å². The van der Waals surface area contributed by atoms with Gasteiger partial charge in [0.1, 0.15) is 6.10 Å². The molecule has 2 heteroatoms. The van der Waals surface area contributed by atoms with E-state index in [-0.39, 0.29) is 12.1 Å².